The van der Waals surface area contributed by atoms with Gasteiger partial charge < -0.3 is 15.6 Å². The maximum absolute atomic E-state index is 6.67. The van der Waals surface area contributed by atoms with Crippen molar-refractivity contribution in [2.24, 2.45) is 7.05 Å². The molecule has 7 rings (SSSR count). The lowest BCUT2D eigenvalue weighted by Gasteiger charge is -2.22. The van der Waals surface area contributed by atoms with Crippen LogP contribution in [-0.2, 0) is 13.5 Å². The fourth-order valence-electron chi connectivity index (χ4n) is 6.54. The second-order valence-corrected chi connectivity index (χ2v) is 11.7. The van der Waals surface area contributed by atoms with Crippen LogP contribution in [0.3, 0.4) is 0 Å². The molecule has 7 heteroatoms. The molecule has 0 bridgehead atoms. The van der Waals surface area contributed by atoms with E-state index in [0.717, 1.165) is 76.2 Å². The molecule has 3 N–H and O–H groups in total. The van der Waals surface area contributed by atoms with Crippen LogP contribution in [-0.4, -0.2) is 37.0 Å². The number of allylic oxidation sites excluding steroid dienone is 1. The maximum Gasteiger partial charge on any atom is 0.150 e. The van der Waals surface area contributed by atoms with E-state index in [2.05, 4.69) is 95.9 Å². The molecule has 6 aromatic rings. The molecule has 0 fully saturated rings. The fraction of sp³-hybridized carbons (Fsp3) is 0.286. The molecule has 3 aromatic carbocycles. The van der Waals surface area contributed by atoms with Gasteiger partial charge in [-0.15, -0.1) is 0 Å². The highest BCUT2D eigenvalue weighted by Gasteiger charge is 2.25. The quantitative estimate of drug-likeness (QED) is 0.234. The van der Waals surface area contributed by atoms with Gasteiger partial charge in [0.2, 0.25) is 0 Å². The monoisotopic (exact) mass is 555 g/mol. The van der Waals surface area contributed by atoms with Crippen LogP contribution in [0.15, 0.2) is 72.9 Å². The summed E-state index contributed by atoms with van der Waals surface area (Å²) in [5, 5.41) is 5.77. The van der Waals surface area contributed by atoms with E-state index in [1.165, 1.54) is 16.5 Å². The lowest BCUT2D eigenvalue weighted by atomic mass is 9.93. The average molecular weight is 556 g/mol. The van der Waals surface area contributed by atoms with Gasteiger partial charge in [-0.3, -0.25) is 4.40 Å². The summed E-state index contributed by atoms with van der Waals surface area (Å²) in [5.41, 5.74) is 15.3. The van der Waals surface area contributed by atoms with Crippen LogP contribution in [0.2, 0.25) is 0 Å². The molecule has 3 aromatic heterocycles. The number of nitrogens with two attached hydrogens (primary N) is 1. The van der Waals surface area contributed by atoms with Crippen LogP contribution in [0.4, 0.5) is 5.82 Å². The van der Waals surface area contributed by atoms with Gasteiger partial charge in [-0.05, 0) is 60.4 Å². The summed E-state index contributed by atoms with van der Waals surface area (Å²) in [6.45, 7) is 4.40. The summed E-state index contributed by atoms with van der Waals surface area (Å²) in [6.07, 6.45) is 8.13. The van der Waals surface area contributed by atoms with Crippen molar-refractivity contribution in [2.45, 2.75) is 51.5 Å². The number of anilines is 1. The van der Waals surface area contributed by atoms with E-state index < -0.39 is 0 Å². The zero-order valence-electron chi connectivity index (χ0n) is 24.7. The predicted octanol–water partition coefficient (Wildman–Crippen LogP) is 6.89. The first kappa shape index (κ1) is 26.4. The summed E-state index contributed by atoms with van der Waals surface area (Å²) in [5.74, 6) is 2.77. The van der Waals surface area contributed by atoms with Crippen molar-refractivity contribution in [3.05, 3.63) is 95.8 Å². The highest BCUT2D eigenvalue weighted by atomic mass is 15.1. The molecule has 7 nitrogen and oxygen atoms in total. The molecule has 0 aliphatic heterocycles. The Kier molecular flexibility index (Phi) is 6.54. The van der Waals surface area contributed by atoms with E-state index >= 15 is 0 Å². The minimum atomic E-state index is 0.212. The summed E-state index contributed by atoms with van der Waals surface area (Å²) >= 11 is 0. The molecule has 3 heterocycles. The van der Waals surface area contributed by atoms with Crippen molar-refractivity contribution in [1.82, 2.24) is 29.2 Å². The minimum Gasteiger partial charge on any atom is -0.382 e. The third kappa shape index (κ3) is 4.27. The van der Waals surface area contributed by atoms with E-state index in [1.807, 2.05) is 19.3 Å². The van der Waals surface area contributed by atoms with Gasteiger partial charge >= 0.3 is 0 Å². The van der Waals surface area contributed by atoms with E-state index in [9.17, 15) is 0 Å². The molecule has 1 aliphatic carbocycles. The van der Waals surface area contributed by atoms with Crippen LogP contribution >= 0.6 is 0 Å². The number of fused-ring (bicyclic) bond motifs is 3. The standard InChI is InChI=1S/C35H37N7/c1-21(2)35-40-32(33-34(36)38-20-30(42(33)35)22-13-16-24(37-3)17-14-22)27-18-15-23(25-9-5-6-10-26(25)27)19-31-39-28-11-7-8-12-29(28)41(31)4/h5-13,15,18,20-21,24,37H,14,16-17,19H2,1-4H3,(H2,36,38). The van der Waals surface area contributed by atoms with Crippen molar-refractivity contribution in [1.29, 1.82) is 0 Å². The molecule has 212 valence electrons. The van der Waals surface area contributed by atoms with Gasteiger partial charge in [-0.25, -0.2) is 15.0 Å². The van der Waals surface area contributed by atoms with Crippen molar-refractivity contribution in [3.63, 3.8) is 0 Å². The topological polar surface area (TPSA) is 86.1 Å². The Morgan fingerprint density at radius 3 is 2.52 bits per heavy atom. The number of imidazole rings is 2. The minimum absolute atomic E-state index is 0.212. The first-order valence-electron chi connectivity index (χ1n) is 14.9. The Morgan fingerprint density at radius 2 is 1.79 bits per heavy atom. The van der Waals surface area contributed by atoms with Gasteiger partial charge in [0, 0.05) is 31.0 Å². The Morgan fingerprint density at radius 1 is 1.00 bits per heavy atom. The number of benzene rings is 3. The van der Waals surface area contributed by atoms with Crippen LogP contribution in [0.25, 0.3) is 44.2 Å². The number of nitrogen functional groups attached to an aromatic ring is 1. The third-order valence-corrected chi connectivity index (χ3v) is 8.88. The van der Waals surface area contributed by atoms with Crippen LogP contribution in [0.5, 0.6) is 0 Å². The zero-order valence-corrected chi connectivity index (χ0v) is 24.7. The van der Waals surface area contributed by atoms with E-state index in [0.29, 0.717) is 11.9 Å². The smallest absolute Gasteiger partial charge is 0.150 e. The molecule has 0 spiro atoms. The second kappa shape index (κ2) is 10.4. The molecular formula is C35H37N7. The highest BCUT2D eigenvalue weighted by Crippen LogP contribution is 2.39. The molecule has 1 unspecified atom stereocenters. The number of para-hydroxylation sites is 2. The van der Waals surface area contributed by atoms with E-state index in [1.54, 1.807) is 0 Å². The van der Waals surface area contributed by atoms with Gasteiger partial charge in [0.05, 0.1) is 22.9 Å². The lowest BCUT2D eigenvalue weighted by molar-refractivity contribution is 0.522. The Balaban J connectivity index is 1.40. The lowest BCUT2D eigenvalue weighted by Crippen LogP contribution is -2.26. The highest BCUT2D eigenvalue weighted by molar-refractivity contribution is 6.02. The number of nitrogens with zero attached hydrogens (tertiary/aromatic N) is 5. The Bertz CT molecular complexity index is 1990. The summed E-state index contributed by atoms with van der Waals surface area (Å²) < 4.78 is 4.47. The van der Waals surface area contributed by atoms with Gasteiger partial charge in [-0.2, -0.15) is 0 Å². The molecule has 1 atom stereocenters. The van der Waals surface area contributed by atoms with Crippen molar-refractivity contribution in [3.8, 4) is 11.3 Å². The third-order valence-electron chi connectivity index (χ3n) is 8.88. The molecular weight excluding hydrogens is 518 g/mol. The zero-order chi connectivity index (χ0) is 29.0. The molecule has 0 radical (unpaired) electrons. The predicted molar refractivity (Wildman–Crippen MR) is 173 cm³/mol. The number of aromatic nitrogens is 5. The number of aryl methyl sites for hydroxylation is 1. The normalized spacial score (nSPS) is 15.7. The number of hydrogen-bond donors (Lipinski definition) is 2. The largest absolute Gasteiger partial charge is 0.382 e. The number of nitrogens with one attached hydrogen (secondary N) is 1. The van der Waals surface area contributed by atoms with Crippen LogP contribution < -0.4 is 11.1 Å². The van der Waals surface area contributed by atoms with Crippen molar-refractivity contribution < 1.29 is 0 Å². The number of hydrogen-bond acceptors (Lipinski definition) is 5. The Hall–Kier alpha value is -4.49. The summed E-state index contributed by atoms with van der Waals surface area (Å²) in [4.78, 5) is 15.0. The van der Waals surface area contributed by atoms with Gasteiger partial charge in [0.15, 0.2) is 0 Å². The average Bonchev–Trinajstić information content (AvgIpc) is 3.57. The molecule has 0 amide bonds. The SMILES string of the molecule is CNC1CC=C(c2cnc(N)c3c(-c4ccc(Cc5nc6ccccc6n5C)c5ccccc45)nc(C(C)C)n23)CC1. The summed E-state index contributed by atoms with van der Waals surface area (Å²) in [6, 6.07) is 21.9. The van der Waals surface area contributed by atoms with Crippen molar-refractivity contribution in [2.75, 3.05) is 12.8 Å². The van der Waals surface area contributed by atoms with E-state index in [-0.39, 0.29) is 5.92 Å². The number of rotatable bonds is 6. The van der Waals surface area contributed by atoms with Crippen LogP contribution in [0.1, 0.15) is 61.9 Å². The van der Waals surface area contributed by atoms with Crippen LogP contribution in [0, 0.1) is 0 Å². The Labute approximate surface area is 246 Å². The summed E-state index contributed by atoms with van der Waals surface area (Å²) in [7, 11) is 4.14. The second-order valence-electron chi connectivity index (χ2n) is 11.7. The van der Waals surface area contributed by atoms with Crippen molar-refractivity contribution >= 4 is 38.7 Å². The van der Waals surface area contributed by atoms with Gasteiger partial charge in [-0.1, -0.05) is 68.5 Å². The van der Waals surface area contributed by atoms with Gasteiger partial charge in [0.25, 0.3) is 0 Å². The molecule has 0 saturated carbocycles. The first-order valence-corrected chi connectivity index (χ1v) is 14.9. The fourth-order valence-corrected chi connectivity index (χ4v) is 6.54. The first-order chi connectivity index (χ1) is 20.4. The molecule has 42 heavy (non-hydrogen) atoms. The van der Waals surface area contributed by atoms with Gasteiger partial charge in [0.1, 0.15) is 28.7 Å². The molecule has 0 saturated heterocycles. The van der Waals surface area contributed by atoms with E-state index in [4.69, 9.17) is 20.7 Å². The molecule has 1 aliphatic rings. The maximum atomic E-state index is 6.67.